The number of hydrogen-bond donors (Lipinski definition) is 3. The van der Waals surface area contributed by atoms with E-state index in [9.17, 15) is 24.6 Å². The van der Waals surface area contributed by atoms with Crippen molar-refractivity contribution in [3.8, 4) is 0 Å². The third-order valence-corrected chi connectivity index (χ3v) is 7.36. The van der Waals surface area contributed by atoms with Crippen LogP contribution in [-0.4, -0.2) is 95.4 Å². The third kappa shape index (κ3) is 10.2. The molecule has 0 radical (unpaired) electrons. The van der Waals surface area contributed by atoms with Crippen molar-refractivity contribution in [2.24, 2.45) is 11.8 Å². The van der Waals surface area contributed by atoms with Gasteiger partial charge in [0.05, 0.1) is 25.4 Å². The number of rotatable bonds is 13. The smallest absolute Gasteiger partial charge is 0.247 e. The summed E-state index contributed by atoms with van der Waals surface area (Å²) < 4.78 is 5.25. The molecule has 0 aromatic rings. The molecule has 2 aliphatic rings. The van der Waals surface area contributed by atoms with Crippen molar-refractivity contribution in [2.45, 2.75) is 89.5 Å². The van der Waals surface area contributed by atoms with E-state index < -0.39 is 36.1 Å². The minimum atomic E-state index is -1.11. The summed E-state index contributed by atoms with van der Waals surface area (Å²) in [6.45, 7) is 9.56. The molecule has 0 bridgehead atoms. The molecule has 1 saturated heterocycles. The van der Waals surface area contributed by atoms with Crippen molar-refractivity contribution in [2.75, 3.05) is 33.4 Å². The molecule has 2 fully saturated rings. The van der Waals surface area contributed by atoms with Crippen LogP contribution in [-0.2, 0) is 19.1 Å². The second kappa shape index (κ2) is 15.9. The van der Waals surface area contributed by atoms with Gasteiger partial charge in [-0.05, 0) is 31.1 Å². The lowest BCUT2D eigenvalue weighted by molar-refractivity contribution is -0.137. The van der Waals surface area contributed by atoms with Gasteiger partial charge in [-0.25, -0.2) is 0 Å². The largest absolute Gasteiger partial charge is 0.390 e. The topological polar surface area (TPSA) is 119 Å². The monoisotopic (exact) mass is 521 g/mol. The summed E-state index contributed by atoms with van der Waals surface area (Å²) >= 11 is 0. The van der Waals surface area contributed by atoms with Crippen LogP contribution in [0.3, 0.4) is 0 Å². The Morgan fingerprint density at radius 2 is 1.76 bits per heavy atom. The van der Waals surface area contributed by atoms with Crippen LogP contribution in [0.4, 0.5) is 0 Å². The Bertz CT molecular complexity index is 774. The standard InChI is InChI=1S/C28H47N3O6/c1-5-9-23(30(4)25(33)12-13-26(34)31-14-16-37-17-15-31)28(36)29-22(19-21-10-7-6-8-11-21)27(35)24(32)18-20(2)3/h5,12-13,20-24,27,32,35H,1,6-11,14-19H2,2-4H3,(H,29,36)/b13-12+/t22-,23-,24-,27+/m0/s1. The SMILES string of the molecule is C=CC[C@@H](C(=O)N[C@@H](CC1CCCCC1)[C@@H](O)[C@@H](O)CC(C)C)N(C)C(=O)/C=C/C(=O)N1CCOCC1. The molecule has 1 heterocycles. The van der Waals surface area contributed by atoms with Gasteiger partial charge in [0.15, 0.2) is 0 Å². The summed E-state index contributed by atoms with van der Waals surface area (Å²) in [7, 11) is 1.51. The van der Waals surface area contributed by atoms with Crippen molar-refractivity contribution in [1.82, 2.24) is 15.1 Å². The molecular weight excluding hydrogens is 474 g/mol. The van der Waals surface area contributed by atoms with Gasteiger partial charge in [-0.3, -0.25) is 14.4 Å². The number of ether oxygens (including phenoxy) is 1. The molecule has 210 valence electrons. The fraction of sp³-hybridized carbons (Fsp3) is 0.750. The molecule has 9 heteroatoms. The molecule has 0 spiro atoms. The summed E-state index contributed by atoms with van der Waals surface area (Å²) in [6.07, 6.45) is 8.65. The highest BCUT2D eigenvalue weighted by atomic mass is 16.5. The Kier molecular flexibility index (Phi) is 13.3. The first kappa shape index (κ1) is 31.0. The summed E-state index contributed by atoms with van der Waals surface area (Å²) in [5.41, 5.74) is 0. The lowest BCUT2D eigenvalue weighted by Crippen LogP contribution is -2.55. The number of carbonyl (C=O) groups excluding carboxylic acids is 3. The maximum atomic E-state index is 13.4. The predicted octanol–water partition coefficient (Wildman–Crippen LogP) is 2.03. The Balaban J connectivity index is 2.10. The summed E-state index contributed by atoms with van der Waals surface area (Å²) in [5.74, 6) is -0.608. The number of carbonyl (C=O) groups is 3. The van der Waals surface area contributed by atoms with Crippen LogP contribution >= 0.6 is 0 Å². The van der Waals surface area contributed by atoms with Crippen LogP contribution in [0.1, 0.15) is 65.2 Å². The van der Waals surface area contributed by atoms with E-state index in [-0.39, 0.29) is 18.2 Å². The molecule has 1 aliphatic heterocycles. The van der Waals surface area contributed by atoms with E-state index in [0.29, 0.717) is 45.1 Å². The Hall–Kier alpha value is -2.23. The van der Waals surface area contributed by atoms with E-state index in [4.69, 9.17) is 4.74 Å². The Morgan fingerprint density at radius 3 is 2.35 bits per heavy atom. The zero-order chi connectivity index (χ0) is 27.4. The fourth-order valence-electron chi connectivity index (χ4n) is 5.14. The second-order valence-corrected chi connectivity index (χ2v) is 10.8. The first-order valence-corrected chi connectivity index (χ1v) is 13.7. The number of amides is 3. The lowest BCUT2D eigenvalue weighted by Gasteiger charge is -2.34. The van der Waals surface area contributed by atoms with Crippen LogP contribution in [0, 0.1) is 11.8 Å². The highest BCUT2D eigenvalue weighted by molar-refractivity contribution is 5.98. The van der Waals surface area contributed by atoms with Gasteiger partial charge in [-0.15, -0.1) is 6.58 Å². The van der Waals surface area contributed by atoms with E-state index in [0.717, 1.165) is 25.7 Å². The number of aliphatic hydroxyl groups is 2. The highest BCUT2D eigenvalue weighted by Gasteiger charge is 2.34. The minimum absolute atomic E-state index is 0.194. The van der Waals surface area contributed by atoms with E-state index in [1.807, 2.05) is 13.8 Å². The summed E-state index contributed by atoms with van der Waals surface area (Å²) in [4.78, 5) is 41.5. The molecule has 0 aromatic carbocycles. The lowest BCUT2D eigenvalue weighted by atomic mass is 9.82. The van der Waals surface area contributed by atoms with E-state index in [1.54, 1.807) is 11.0 Å². The zero-order valence-electron chi connectivity index (χ0n) is 22.8. The quantitative estimate of drug-likeness (QED) is 0.252. The average molecular weight is 522 g/mol. The summed E-state index contributed by atoms with van der Waals surface area (Å²) in [5, 5.41) is 24.6. The summed E-state index contributed by atoms with van der Waals surface area (Å²) in [6, 6.07) is -1.49. The second-order valence-electron chi connectivity index (χ2n) is 10.8. The van der Waals surface area contributed by atoms with Gasteiger partial charge in [0.25, 0.3) is 0 Å². The number of morpholine rings is 1. The molecule has 2 rings (SSSR count). The normalized spacial score (nSPS) is 20.3. The van der Waals surface area contributed by atoms with Gasteiger partial charge < -0.3 is 30.1 Å². The van der Waals surface area contributed by atoms with Gasteiger partial charge in [0.2, 0.25) is 17.7 Å². The maximum absolute atomic E-state index is 13.4. The number of hydrogen-bond acceptors (Lipinski definition) is 6. The van der Waals surface area contributed by atoms with Crippen molar-refractivity contribution in [1.29, 1.82) is 0 Å². The van der Waals surface area contributed by atoms with E-state index in [2.05, 4.69) is 11.9 Å². The molecule has 9 nitrogen and oxygen atoms in total. The first-order valence-electron chi connectivity index (χ1n) is 13.7. The molecule has 3 N–H and O–H groups in total. The average Bonchev–Trinajstić information content (AvgIpc) is 2.89. The van der Waals surface area contributed by atoms with Crippen LogP contribution in [0.5, 0.6) is 0 Å². The maximum Gasteiger partial charge on any atom is 0.247 e. The van der Waals surface area contributed by atoms with Crippen molar-refractivity contribution in [3.05, 3.63) is 24.8 Å². The van der Waals surface area contributed by atoms with Crippen LogP contribution in [0.15, 0.2) is 24.8 Å². The van der Waals surface area contributed by atoms with E-state index in [1.165, 1.54) is 30.5 Å². The Labute approximate surface area is 221 Å². The highest BCUT2D eigenvalue weighted by Crippen LogP contribution is 2.29. The van der Waals surface area contributed by atoms with Gasteiger partial charge >= 0.3 is 0 Å². The third-order valence-electron chi connectivity index (χ3n) is 7.36. The van der Waals surface area contributed by atoms with Crippen molar-refractivity contribution >= 4 is 17.7 Å². The Morgan fingerprint density at radius 1 is 1.11 bits per heavy atom. The minimum Gasteiger partial charge on any atom is -0.390 e. The zero-order valence-corrected chi connectivity index (χ0v) is 22.8. The number of nitrogens with one attached hydrogen (secondary N) is 1. The molecule has 1 aliphatic carbocycles. The number of likely N-dealkylation sites (N-methyl/N-ethyl adjacent to an activating group) is 1. The fourth-order valence-corrected chi connectivity index (χ4v) is 5.14. The van der Waals surface area contributed by atoms with Crippen LogP contribution in [0.25, 0.3) is 0 Å². The van der Waals surface area contributed by atoms with Crippen molar-refractivity contribution < 1.29 is 29.3 Å². The van der Waals surface area contributed by atoms with Gasteiger partial charge in [-0.1, -0.05) is 52.0 Å². The molecule has 0 unspecified atom stereocenters. The predicted molar refractivity (Wildman–Crippen MR) is 143 cm³/mol. The molecule has 0 aromatic heterocycles. The molecule has 3 amide bonds. The van der Waals surface area contributed by atoms with Gasteiger partial charge in [-0.2, -0.15) is 0 Å². The molecule has 1 saturated carbocycles. The van der Waals surface area contributed by atoms with Crippen molar-refractivity contribution in [3.63, 3.8) is 0 Å². The van der Waals surface area contributed by atoms with Crippen LogP contribution in [0.2, 0.25) is 0 Å². The van der Waals surface area contributed by atoms with E-state index >= 15 is 0 Å². The number of aliphatic hydroxyl groups excluding tert-OH is 2. The van der Waals surface area contributed by atoms with Crippen LogP contribution < -0.4 is 5.32 Å². The molecule has 4 atom stereocenters. The van der Waals surface area contributed by atoms with Gasteiger partial charge in [0, 0.05) is 32.3 Å². The molecular formula is C28H47N3O6. The first-order chi connectivity index (χ1) is 17.6. The van der Waals surface area contributed by atoms with Gasteiger partial charge in [0.1, 0.15) is 12.1 Å². The molecule has 37 heavy (non-hydrogen) atoms. The number of nitrogens with zero attached hydrogens (tertiary/aromatic N) is 2.